The lowest BCUT2D eigenvalue weighted by atomic mass is 10.3. The highest BCUT2D eigenvalue weighted by Crippen LogP contribution is 2.05. The summed E-state index contributed by atoms with van der Waals surface area (Å²) in [5.41, 5.74) is 20.4. The lowest BCUT2D eigenvalue weighted by Crippen LogP contribution is -2.23. The molecule has 0 aromatic heterocycles. The molecular formula is C22H54N14S2. The standard InChI is InChI=1S/C4H9N3.C4H8N2S.C4H9N.C3H8N2S.C3H8N2.2C2H6N2/c2*1-5-4-6-2-3-7-4;1-3-4(2)5;1-5-3(4)6-2;1-3(4)5-2;1-4-2-3;1-2(3)4/h2-3H2,1H3,(H2,5,6,7);2-3H2,1H3,(H,5,6);5H,3H2,1-2H3;1-2H3,(H2,4,5);1-2H3,(H2,4,5);2H,1H3,(H2,3,4);1H3,(H3,3,4). The fraction of sp³-hybridized carbons (Fsp3) is 0.682. The van der Waals surface area contributed by atoms with Crippen LogP contribution >= 0.6 is 23.5 Å². The smallest absolute Gasteiger partial charge is 0.191 e. The molecular weight excluding hydrogens is 524 g/mol. The summed E-state index contributed by atoms with van der Waals surface area (Å²) < 4.78 is 0. The zero-order chi connectivity index (χ0) is 30.8. The van der Waals surface area contributed by atoms with Gasteiger partial charge in [-0.05, 0) is 33.4 Å². The van der Waals surface area contributed by atoms with Crippen LogP contribution in [-0.2, 0) is 0 Å². The van der Waals surface area contributed by atoms with Crippen LogP contribution < -0.4 is 38.9 Å². The number of hydrogen-bond donors (Lipinski definition) is 9. The molecule has 224 valence electrons. The van der Waals surface area contributed by atoms with Gasteiger partial charge >= 0.3 is 0 Å². The SMILES string of the molecule is CC(=N)N.CCC(C)=N.CN=C(C)N.CN=C(N)SC.CN=C1NCCN1.CN=C1NCCS1.CN=CN. The zero-order valence-corrected chi connectivity index (χ0v) is 26.6. The van der Waals surface area contributed by atoms with Crippen molar-refractivity contribution in [2.75, 3.05) is 66.9 Å². The highest BCUT2D eigenvalue weighted by Gasteiger charge is 2.03. The van der Waals surface area contributed by atoms with E-state index in [1.807, 2.05) is 13.2 Å². The van der Waals surface area contributed by atoms with E-state index >= 15 is 0 Å². The number of aliphatic imine (C=N–C) groups is 5. The molecule has 14 nitrogen and oxygen atoms in total. The molecule has 16 heteroatoms. The number of amidine groups is 4. The first kappa shape index (κ1) is 44.9. The fourth-order valence-electron chi connectivity index (χ4n) is 1.17. The summed E-state index contributed by atoms with van der Waals surface area (Å²) in [5, 5.41) is 23.9. The molecule has 2 aliphatic rings. The fourth-order valence-corrected chi connectivity index (χ4v) is 2.09. The number of thioether (sulfide) groups is 2. The molecule has 0 aromatic carbocycles. The lowest BCUT2D eigenvalue weighted by Gasteiger charge is -1.90. The van der Waals surface area contributed by atoms with E-state index in [0.717, 1.165) is 42.9 Å². The van der Waals surface area contributed by atoms with Gasteiger partial charge in [-0.15, -0.1) is 0 Å². The number of rotatable bonds is 1. The van der Waals surface area contributed by atoms with E-state index in [2.05, 4.69) is 40.9 Å². The molecule has 0 saturated carbocycles. The van der Waals surface area contributed by atoms with Crippen molar-refractivity contribution < 1.29 is 0 Å². The van der Waals surface area contributed by atoms with E-state index < -0.39 is 0 Å². The predicted octanol–water partition coefficient (Wildman–Crippen LogP) is 0.742. The van der Waals surface area contributed by atoms with E-state index in [1.165, 1.54) is 30.8 Å². The Bertz CT molecular complexity index is 652. The topological polar surface area (TPSA) is 250 Å². The van der Waals surface area contributed by atoms with E-state index in [9.17, 15) is 0 Å². The van der Waals surface area contributed by atoms with Gasteiger partial charge < -0.3 is 44.3 Å². The van der Waals surface area contributed by atoms with Crippen molar-refractivity contribution in [1.29, 1.82) is 10.8 Å². The minimum absolute atomic E-state index is 0.167. The van der Waals surface area contributed by atoms with Gasteiger partial charge in [-0.2, -0.15) is 0 Å². The van der Waals surface area contributed by atoms with Crippen LogP contribution in [0.25, 0.3) is 0 Å². The predicted molar refractivity (Wildman–Crippen MR) is 177 cm³/mol. The molecule has 2 saturated heterocycles. The van der Waals surface area contributed by atoms with Crippen molar-refractivity contribution in [2.45, 2.75) is 34.1 Å². The lowest BCUT2D eigenvalue weighted by molar-refractivity contribution is 0.942. The number of nitrogens with two attached hydrogens (primary N) is 4. The molecule has 0 atom stereocenters. The summed E-state index contributed by atoms with van der Waals surface area (Å²) in [6, 6.07) is 0. The third-order valence-electron chi connectivity index (χ3n) is 3.22. The number of hydrogen-bond acceptors (Lipinski definition) is 9. The van der Waals surface area contributed by atoms with Crippen LogP contribution in [0.4, 0.5) is 0 Å². The van der Waals surface area contributed by atoms with Gasteiger partial charge in [-0.3, -0.25) is 30.4 Å². The minimum atomic E-state index is 0.167. The number of guanidine groups is 1. The van der Waals surface area contributed by atoms with Gasteiger partial charge in [-0.25, -0.2) is 0 Å². The second kappa shape index (κ2) is 38.5. The molecule has 0 aliphatic carbocycles. The third kappa shape index (κ3) is 58.7. The van der Waals surface area contributed by atoms with Crippen LogP contribution in [0.5, 0.6) is 0 Å². The average Bonchev–Trinajstić information content (AvgIpc) is 3.64. The molecule has 0 unspecified atom stereocenters. The Morgan fingerprint density at radius 2 is 1.34 bits per heavy atom. The Labute approximate surface area is 239 Å². The molecule has 0 bridgehead atoms. The second-order valence-electron chi connectivity index (χ2n) is 6.58. The molecule has 0 aromatic rings. The Kier molecular flexibility index (Phi) is 45.6. The second-order valence-corrected chi connectivity index (χ2v) is 8.50. The summed E-state index contributed by atoms with van der Waals surface area (Å²) >= 11 is 3.23. The van der Waals surface area contributed by atoms with Crippen LogP contribution in [0, 0.1) is 10.8 Å². The molecule has 2 fully saturated rings. The maximum Gasteiger partial charge on any atom is 0.191 e. The molecule has 2 rings (SSSR count). The zero-order valence-electron chi connectivity index (χ0n) is 25.0. The number of nitrogens with zero attached hydrogens (tertiary/aromatic N) is 5. The first-order valence-electron chi connectivity index (χ1n) is 11.6. The van der Waals surface area contributed by atoms with Gasteiger partial charge in [-0.1, -0.05) is 30.4 Å². The summed E-state index contributed by atoms with van der Waals surface area (Å²) in [4.78, 5) is 18.5. The van der Waals surface area contributed by atoms with Crippen LogP contribution in [0.1, 0.15) is 34.1 Å². The van der Waals surface area contributed by atoms with Crippen LogP contribution in [-0.4, -0.2) is 107 Å². The summed E-state index contributed by atoms with van der Waals surface area (Å²) in [5.74, 6) is 2.89. The first-order valence-corrected chi connectivity index (χ1v) is 13.8. The monoisotopic (exact) mass is 578 g/mol. The van der Waals surface area contributed by atoms with Gasteiger partial charge in [0, 0.05) is 66.3 Å². The van der Waals surface area contributed by atoms with Gasteiger partial charge in [0.1, 0.15) is 0 Å². The molecule has 0 radical (unpaired) electrons. The largest absolute Gasteiger partial charge is 0.390 e. The Morgan fingerprint density at radius 3 is 1.45 bits per heavy atom. The maximum atomic E-state index is 6.74. The van der Waals surface area contributed by atoms with Crippen LogP contribution in [0.15, 0.2) is 25.0 Å². The van der Waals surface area contributed by atoms with Crippen molar-refractivity contribution in [2.24, 2.45) is 47.9 Å². The van der Waals surface area contributed by atoms with E-state index in [-0.39, 0.29) is 5.84 Å². The Hall–Kier alpha value is -3.01. The van der Waals surface area contributed by atoms with Crippen LogP contribution in [0.3, 0.4) is 0 Å². The van der Waals surface area contributed by atoms with Crippen molar-refractivity contribution >= 4 is 63.5 Å². The van der Waals surface area contributed by atoms with E-state index in [1.54, 1.807) is 60.8 Å². The quantitative estimate of drug-likeness (QED) is 0.157. The average molecular weight is 579 g/mol. The van der Waals surface area contributed by atoms with Crippen molar-refractivity contribution in [3.8, 4) is 0 Å². The summed E-state index contributed by atoms with van der Waals surface area (Å²) in [6.07, 6.45) is 4.03. The summed E-state index contributed by atoms with van der Waals surface area (Å²) in [6.45, 7) is 10.2. The number of nitrogens with one attached hydrogen (secondary N) is 5. The molecule has 0 amide bonds. The molecule has 0 spiro atoms. The van der Waals surface area contributed by atoms with Crippen molar-refractivity contribution in [3.05, 3.63) is 0 Å². The molecule has 38 heavy (non-hydrogen) atoms. The van der Waals surface area contributed by atoms with Crippen LogP contribution in [0.2, 0.25) is 0 Å². The molecule has 13 N–H and O–H groups in total. The van der Waals surface area contributed by atoms with Gasteiger partial charge in [0.2, 0.25) is 0 Å². The van der Waals surface area contributed by atoms with Crippen molar-refractivity contribution in [3.63, 3.8) is 0 Å². The van der Waals surface area contributed by atoms with Crippen molar-refractivity contribution in [1.82, 2.24) is 16.0 Å². The van der Waals surface area contributed by atoms with Gasteiger partial charge in [0.15, 0.2) is 16.3 Å². The summed E-state index contributed by atoms with van der Waals surface area (Å²) in [7, 11) is 8.53. The first-order chi connectivity index (χ1) is 17.9. The molecule has 2 heterocycles. The van der Waals surface area contributed by atoms with Gasteiger partial charge in [0.25, 0.3) is 0 Å². The van der Waals surface area contributed by atoms with Gasteiger partial charge in [0.05, 0.1) is 18.0 Å². The minimum Gasteiger partial charge on any atom is -0.390 e. The molecule has 2 aliphatic heterocycles. The normalized spacial score (nSPS) is 14.2. The Morgan fingerprint density at radius 1 is 0.921 bits per heavy atom. The highest BCUT2D eigenvalue weighted by molar-refractivity contribution is 8.14. The third-order valence-corrected chi connectivity index (χ3v) is 4.82. The maximum absolute atomic E-state index is 6.74. The highest BCUT2D eigenvalue weighted by atomic mass is 32.2. The Balaban J connectivity index is -0.000000113. The van der Waals surface area contributed by atoms with E-state index in [4.69, 9.17) is 33.8 Å². The van der Waals surface area contributed by atoms with E-state index in [0.29, 0.717) is 11.0 Å².